The number of aliphatic hydroxyl groups is 2. The van der Waals surface area contributed by atoms with Crippen molar-refractivity contribution < 1.29 is 39.2 Å². The van der Waals surface area contributed by atoms with E-state index >= 15 is 0 Å². The molecule has 9 nitrogen and oxygen atoms in total. The van der Waals surface area contributed by atoms with Gasteiger partial charge < -0.3 is 42.0 Å². The first-order valence-corrected chi connectivity index (χ1v) is 20.3. The number of aldehydes is 1. The number of aryl methyl sites for hydroxylation is 4. The molecule has 3 aromatic heterocycles. The Morgan fingerprint density at radius 2 is 1.58 bits per heavy atom. The molecule has 4 atom stereocenters. The number of rotatable bonds is 9. The molecule has 55 heavy (non-hydrogen) atoms. The number of aliphatic hydroxyl groups excluding tert-OH is 2. The van der Waals surface area contributed by atoms with Crippen LogP contribution in [-0.4, -0.2) is 82.0 Å². The Morgan fingerprint density at radius 3 is 2.20 bits per heavy atom. The van der Waals surface area contributed by atoms with Gasteiger partial charge in [0.2, 0.25) is 0 Å². The van der Waals surface area contributed by atoms with Crippen molar-refractivity contribution in [2.45, 2.75) is 124 Å². The van der Waals surface area contributed by atoms with E-state index in [1.807, 2.05) is 6.92 Å². The molecule has 0 aromatic carbocycles. The normalized spacial score (nSPS) is 19.1. The van der Waals surface area contributed by atoms with Crippen LogP contribution in [0.2, 0.25) is 0 Å². The SMILES string of the molecule is CCC1=C(C)c2cc3[n-]c(cc4nc(c(C)c5cc(C)c(cc1n2)[n-]5)CC4C)c(C)c3CC.CCC=O.CN(C)CCCSC1CC(O)CC(CO)O1.[CH3-].[Zn]. The Labute approximate surface area is 347 Å². The van der Waals surface area contributed by atoms with E-state index in [0.29, 0.717) is 25.2 Å². The van der Waals surface area contributed by atoms with E-state index in [1.54, 1.807) is 11.8 Å². The minimum absolute atomic E-state index is 0. The molecule has 3 aliphatic heterocycles. The minimum Gasteiger partial charge on any atom is -0.657 e. The van der Waals surface area contributed by atoms with Crippen LogP contribution in [0, 0.1) is 28.2 Å². The van der Waals surface area contributed by atoms with Gasteiger partial charge in [-0.1, -0.05) is 68.7 Å². The Hall–Kier alpha value is -2.66. The van der Waals surface area contributed by atoms with E-state index in [2.05, 4.69) is 91.7 Å². The second-order valence-corrected chi connectivity index (χ2v) is 15.9. The summed E-state index contributed by atoms with van der Waals surface area (Å²) in [5.74, 6) is 1.41. The van der Waals surface area contributed by atoms with Crippen LogP contribution in [0.15, 0.2) is 24.3 Å². The molecule has 1 fully saturated rings. The number of nitrogens with zero attached hydrogens (tertiary/aromatic N) is 5. The number of hydrogen-bond acceptors (Lipinski definition) is 8. The number of carbonyl (C=O) groups is 1. The third-order valence-electron chi connectivity index (χ3n) is 10.2. The molecule has 4 unspecified atom stereocenters. The molecule has 8 bridgehead atoms. The fourth-order valence-electron chi connectivity index (χ4n) is 6.97. The van der Waals surface area contributed by atoms with Crippen LogP contribution < -0.4 is 9.97 Å². The largest absolute Gasteiger partial charge is 0.657 e. The number of aromatic nitrogens is 4. The van der Waals surface area contributed by atoms with Gasteiger partial charge in [-0.25, -0.2) is 4.98 Å². The van der Waals surface area contributed by atoms with Gasteiger partial charge in [-0.15, -0.1) is 33.8 Å². The second-order valence-electron chi connectivity index (χ2n) is 14.6. The minimum atomic E-state index is -0.322. The van der Waals surface area contributed by atoms with Gasteiger partial charge in [-0.3, -0.25) is 4.98 Å². The van der Waals surface area contributed by atoms with Gasteiger partial charge in [0.25, 0.3) is 0 Å². The molecule has 3 aromatic rings. The number of ether oxygens (including phenoxy) is 1. The zero-order chi connectivity index (χ0) is 38.8. The summed E-state index contributed by atoms with van der Waals surface area (Å²) in [4.78, 5) is 31.5. The number of carbonyl (C=O) groups excluding carboxylic acids is 1. The summed E-state index contributed by atoms with van der Waals surface area (Å²) in [6.07, 6.45) is 6.20. The van der Waals surface area contributed by atoms with Crippen molar-refractivity contribution in [1.82, 2.24) is 24.8 Å². The first kappa shape index (κ1) is 48.5. The van der Waals surface area contributed by atoms with Crippen molar-refractivity contribution >= 4 is 51.3 Å². The van der Waals surface area contributed by atoms with Gasteiger partial charge in [-0.05, 0) is 96.5 Å². The number of fused-ring (bicyclic) bond motifs is 8. The van der Waals surface area contributed by atoms with Crippen molar-refractivity contribution in [2.24, 2.45) is 0 Å². The maximum atomic E-state index is 9.61. The molecule has 1 saturated heterocycles. The van der Waals surface area contributed by atoms with Crippen LogP contribution in [0.25, 0.3) is 33.2 Å². The van der Waals surface area contributed by atoms with Crippen LogP contribution in [-0.2, 0) is 41.9 Å². The Morgan fingerprint density at radius 1 is 0.927 bits per heavy atom. The third kappa shape index (κ3) is 12.7. The second kappa shape index (κ2) is 22.9. The summed E-state index contributed by atoms with van der Waals surface area (Å²) >= 11 is 1.74. The standard InChI is InChI=1S/C29H32N4.C11H23NO3S.C3H6O.CH3.Zn/c1-8-20-18(6)27-14-29-21(9-2)17(5)26(32-29)12-22-15(3)10-24(30-22)19(7)25-11-16(4)23(31-25)13-28(20)33-27;1-12(2)4-3-5-16-11-7-9(14)6-10(8-13)15-11;1-2-3-4;;/h11-15H,8-10H2,1-7H3;9-11,13-14H,3-8H2,1-2H3;3H,2H2,1H3;1H3;/q-2;;;-1;. The molecule has 6 rings (SSSR count). The zero-order valence-corrected chi connectivity index (χ0v) is 39.1. The summed E-state index contributed by atoms with van der Waals surface area (Å²) in [6.45, 7) is 18.2. The molecule has 3 aliphatic rings. The van der Waals surface area contributed by atoms with E-state index in [4.69, 9.17) is 29.8 Å². The maximum absolute atomic E-state index is 9.61. The molecule has 0 radical (unpaired) electrons. The van der Waals surface area contributed by atoms with Gasteiger partial charge >= 0.3 is 0 Å². The van der Waals surface area contributed by atoms with Crippen molar-refractivity contribution in [2.75, 3.05) is 33.0 Å². The molecular formula is C44H64N5O4SZn-3. The fraction of sp³-hybridized carbons (Fsp3) is 0.545. The molecular weight excluding hydrogens is 760 g/mol. The average molecular weight is 824 g/mol. The molecule has 0 amide bonds. The summed E-state index contributed by atoms with van der Waals surface area (Å²) in [6, 6.07) is 8.71. The zero-order valence-electron chi connectivity index (χ0n) is 35.3. The topological polar surface area (TPSA) is 124 Å². The van der Waals surface area contributed by atoms with E-state index in [0.717, 1.165) is 89.1 Å². The van der Waals surface area contributed by atoms with E-state index < -0.39 is 0 Å². The molecule has 0 saturated carbocycles. The molecule has 11 heteroatoms. The van der Waals surface area contributed by atoms with Gasteiger partial charge in [-0.2, -0.15) is 0 Å². The Kier molecular flexibility index (Phi) is 20.2. The molecule has 300 valence electrons. The predicted octanol–water partition coefficient (Wildman–Crippen LogP) is 8.32. The number of thioether (sulfide) groups is 1. The van der Waals surface area contributed by atoms with Gasteiger partial charge in [0.05, 0.1) is 30.2 Å². The predicted molar refractivity (Wildman–Crippen MR) is 227 cm³/mol. The summed E-state index contributed by atoms with van der Waals surface area (Å²) in [7, 11) is 4.13. The fourth-order valence-corrected chi connectivity index (χ4v) is 8.12. The van der Waals surface area contributed by atoms with Crippen molar-refractivity contribution in [1.29, 1.82) is 0 Å². The Bertz CT molecular complexity index is 1900. The quantitative estimate of drug-likeness (QED) is 0.0943. The average Bonchev–Trinajstić information content (AvgIpc) is 3.86. The van der Waals surface area contributed by atoms with E-state index in [1.165, 1.54) is 33.4 Å². The Balaban J connectivity index is 0.000000402. The summed E-state index contributed by atoms with van der Waals surface area (Å²) in [5.41, 5.74) is 15.8. The monoisotopic (exact) mass is 822 g/mol. The van der Waals surface area contributed by atoms with Crippen LogP contribution in [0.3, 0.4) is 0 Å². The smallest absolute Gasteiger partial charge is 0.119 e. The first-order chi connectivity index (χ1) is 25.3. The molecule has 6 heterocycles. The van der Waals surface area contributed by atoms with Gasteiger partial charge in [0.1, 0.15) is 11.7 Å². The van der Waals surface area contributed by atoms with E-state index in [-0.39, 0.29) is 51.2 Å². The van der Waals surface area contributed by atoms with Crippen LogP contribution in [0.4, 0.5) is 0 Å². The molecule has 0 aliphatic carbocycles. The van der Waals surface area contributed by atoms with Crippen molar-refractivity contribution in [3.63, 3.8) is 0 Å². The number of allylic oxidation sites excluding steroid dienone is 2. The maximum Gasteiger partial charge on any atom is 0.119 e. The van der Waals surface area contributed by atoms with Gasteiger partial charge in [0.15, 0.2) is 0 Å². The summed E-state index contributed by atoms with van der Waals surface area (Å²) in [5, 5.41) is 18.6. The van der Waals surface area contributed by atoms with Crippen LogP contribution in [0.1, 0.15) is 118 Å². The summed E-state index contributed by atoms with van der Waals surface area (Å²) < 4.78 is 5.65. The van der Waals surface area contributed by atoms with Gasteiger partial charge in [0, 0.05) is 56.0 Å². The third-order valence-corrected chi connectivity index (χ3v) is 11.4. The number of hydrogen-bond donors (Lipinski definition) is 2. The molecule has 2 N–H and O–H groups in total. The van der Waals surface area contributed by atoms with E-state index in [9.17, 15) is 9.90 Å². The molecule has 0 spiro atoms. The van der Waals surface area contributed by atoms with Crippen molar-refractivity contribution in [3.05, 3.63) is 76.7 Å². The first-order valence-electron chi connectivity index (χ1n) is 19.3. The van der Waals surface area contributed by atoms with Crippen molar-refractivity contribution in [3.8, 4) is 0 Å². The van der Waals surface area contributed by atoms with Crippen LogP contribution >= 0.6 is 11.8 Å². The van der Waals surface area contributed by atoms with Crippen LogP contribution in [0.5, 0.6) is 0 Å².